The Morgan fingerprint density at radius 3 is 2.97 bits per heavy atom. The summed E-state index contributed by atoms with van der Waals surface area (Å²) in [7, 11) is 0. The van der Waals surface area contributed by atoms with Gasteiger partial charge in [0.25, 0.3) is 0 Å². The van der Waals surface area contributed by atoms with Gasteiger partial charge in [-0.3, -0.25) is 0 Å². The normalized spacial score (nSPS) is 12.5. The maximum atomic E-state index is 10.4. The summed E-state index contributed by atoms with van der Waals surface area (Å²) in [5, 5.41) is 21.1. The number of aliphatic hydroxyl groups excluding tert-OH is 1. The topological polar surface area (TPSA) is 83.3 Å². The minimum atomic E-state index is -0.616. The fraction of sp³-hybridized carbons (Fsp3) is 0.208. The molecule has 0 saturated carbocycles. The van der Waals surface area contributed by atoms with Crippen LogP contribution in [0.3, 0.4) is 0 Å². The Hall–Kier alpha value is -3.13. The van der Waals surface area contributed by atoms with Gasteiger partial charge in [0.05, 0.1) is 0 Å². The highest BCUT2D eigenvalue weighted by Crippen LogP contribution is 2.36. The second kappa shape index (κ2) is 8.93. The number of rotatable bonds is 9. The number of para-hydroxylation sites is 2. The van der Waals surface area contributed by atoms with E-state index < -0.39 is 6.10 Å². The number of thiophene rings is 1. The zero-order valence-corrected chi connectivity index (χ0v) is 17.7. The van der Waals surface area contributed by atoms with Gasteiger partial charge >= 0.3 is 0 Å². The largest absolute Gasteiger partial charge is 0.490 e. The van der Waals surface area contributed by atoms with Gasteiger partial charge in [-0.1, -0.05) is 35.5 Å². The molecule has 0 bridgehead atoms. The molecule has 3 heterocycles. The molecular weight excluding hydrogens is 410 g/mol. The van der Waals surface area contributed by atoms with E-state index in [2.05, 4.69) is 39.9 Å². The van der Waals surface area contributed by atoms with E-state index in [9.17, 15) is 5.11 Å². The first-order chi connectivity index (χ1) is 15.3. The van der Waals surface area contributed by atoms with Gasteiger partial charge in [0.2, 0.25) is 0 Å². The summed E-state index contributed by atoms with van der Waals surface area (Å²) in [5.74, 6) is 0.684. The van der Waals surface area contributed by atoms with E-state index in [1.165, 1.54) is 10.9 Å². The second-order valence-corrected chi connectivity index (χ2v) is 8.34. The predicted octanol–water partition coefficient (Wildman–Crippen LogP) is 4.61. The van der Waals surface area contributed by atoms with E-state index in [1.54, 1.807) is 11.3 Å². The highest BCUT2D eigenvalue weighted by atomic mass is 32.1. The maximum Gasteiger partial charge on any atom is 0.178 e. The van der Waals surface area contributed by atoms with Crippen LogP contribution in [0.5, 0.6) is 5.75 Å². The molecule has 31 heavy (non-hydrogen) atoms. The fourth-order valence-corrected chi connectivity index (χ4v) is 4.52. The van der Waals surface area contributed by atoms with Crippen LogP contribution in [0.4, 0.5) is 0 Å². The number of hydrogen-bond donors (Lipinski definition) is 3. The van der Waals surface area contributed by atoms with Crippen LogP contribution in [0.2, 0.25) is 0 Å². The molecule has 1 unspecified atom stereocenters. The number of nitrogens with one attached hydrogen (secondary N) is 2. The van der Waals surface area contributed by atoms with Crippen molar-refractivity contribution in [2.75, 3.05) is 19.7 Å². The molecule has 0 aliphatic carbocycles. The van der Waals surface area contributed by atoms with Crippen molar-refractivity contribution in [3.05, 3.63) is 71.7 Å². The molecule has 3 aromatic heterocycles. The fourth-order valence-electron chi connectivity index (χ4n) is 3.71. The number of ether oxygens (including phenoxy) is 1. The van der Waals surface area contributed by atoms with Gasteiger partial charge in [0.15, 0.2) is 5.58 Å². The Morgan fingerprint density at radius 1 is 1.13 bits per heavy atom. The van der Waals surface area contributed by atoms with Gasteiger partial charge in [0, 0.05) is 29.2 Å². The molecule has 1 atom stereocenters. The van der Waals surface area contributed by atoms with Gasteiger partial charge in [-0.15, -0.1) is 11.3 Å². The Bertz CT molecular complexity index is 1290. The molecule has 0 aliphatic heterocycles. The molecule has 7 heteroatoms. The number of hydrogen-bond acceptors (Lipinski definition) is 6. The summed E-state index contributed by atoms with van der Waals surface area (Å²) >= 11 is 1.59. The molecule has 3 N–H and O–H groups in total. The van der Waals surface area contributed by atoms with Crippen LogP contribution in [-0.2, 0) is 6.42 Å². The number of aromatic amines is 1. The van der Waals surface area contributed by atoms with E-state index in [0.29, 0.717) is 12.3 Å². The van der Waals surface area contributed by atoms with Gasteiger partial charge in [0.1, 0.15) is 28.9 Å². The minimum Gasteiger partial charge on any atom is -0.490 e. The lowest BCUT2D eigenvalue weighted by Gasteiger charge is -2.15. The Balaban J connectivity index is 1.14. The van der Waals surface area contributed by atoms with Crippen LogP contribution in [0.15, 0.2) is 70.7 Å². The maximum absolute atomic E-state index is 10.4. The number of benzene rings is 2. The molecule has 2 aromatic carbocycles. The Labute approximate surface area is 183 Å². The first kappa shape index (κ1) is 19.8. The zero-order valence-electron chi connectivity index (χ0n) is 16.9. The molecule has 5 rings (SSSR count). The first-order valence-electron chi connectivity index (χ1n) is 10.3. The summed E-state index contributed by atoms with van der Waals surface area (Å²) < 4.78 is 12.3. The lowest BCUT2D eigenvalue weighted by atomic mass is 10.1. The SMILES string of the molecule is OC(CNCCc1c[nH]c2ccccc12)COc1ccccc1-c1noc2ccsc12. The number of H-pyrrole nitrogens is 1. The molecule has 0 aliphatic rings. The van der Waals surface area contributed by atoms with Gasteiger partial charge in [-0.2, -0.15) is 0 Å². The van der Waals surface area contributed by atoms with Crippen molar-refractivity contribution in [1.82, 2.24) is 15.5 Å². The third-order valence-electron chi connectivity index (χ3n) is 5.28. The summed E-state index contributed by atoms with van der Waals surface area (Å²) in [6.07, 6.45) is 2.33. The number of aromatic nitrogens is 2. The minimum absolute atomic E-state index is 0.197. The molecule has 0 spiro atoms. The summed E-state index contributed by atoms with van der Waals surface area (Å²) in [6, 6.07) is 17.9. The van der Waals surface area contributed by atoms with Gasteiger partial charge < -0.3 is 24.7 Å². The monoisotopic (exact) mass is 433 g/mol. The lowest BCUT2D eigenvalue weighted by molar-refractivity contribution is 0.107. The van der Waals surface area contributed by atoms with Crippen molar-refractivity contribution in [2.45, 2.75) is 12.5 Å². The molecular formula is C24H23N3O3S. The average molecular weight is 434 g/mol. The third kappa shape index (κ3) is 4.20. The second-order valence-electron chi connectivity index (χ2n) is 7.42. The Kier molecular flexibility index (Phi) is 5.71. The van der Waals surface area contributed by atoms with Crippen molar-refractivity contribution >= 4 is 32.5 Å². The molecule has 158 valence electrons. The first-order valence-corrected chi connectivity index (χ1v) is 11.2. The van der Waals surface area contributed by atoms with Crippen LogP contribution in [0, 0.1) is 0 Å². The molecule has 0 saturated heterocycles. The van der Waals surface area contributed by atoms with Crippen molar-refractivity contribution in [1.29, 1.82) is 0 Å². The molecule has 0 radical (unpaired) electrons. The summed E-state index contributed by atoms with van der Waals surface area (Å²) in [4.78, 5) is 3.29. The highest BCUT2D eigenvalue weighted by Gasteiger charge is 2.16. The predicted molar refractivity (Wildman–Crippen MR) is 124 cm³/mol. The molecule has 0 fully saturated rings. The van der Waals surface area contributed by atoms with E-state index in [0.717, 1.165) is 40.0 Å². The lowest BCUT2D eigenvalue weighted by Crippen LogP contribution is -2.32. The van der Waals surface area contributed by atoms with E-state index in [4.69, 9.17) is 9.26 Å². The van der Waals surface area contributed by atoms with Crippen LogP contribution in [0.25, 0.3) is 32.4 Å². The number of fused-ring (bicyclic) bond motifs is 2. The average Bonchev–Trinajstić information content (AvgIpc) is 3.52. The van der Waals surface area contributed by atoms with Crippen LogP contribution in [0.1, 0.15) is 5.56 Å². The summed E-state index contributed by atoms with van der Waals surface area (Å²) in [5.41, 5.74) is 4.83. The third-order valence-corrected chi connectivity index (χ3v) is 6.18. The van der Waals surface area contributed by atoms with E-state index in [1.807, 2.05) is 41.8 Å². The quantitative estimate of drug-likeness (QED) is 0.296. The van der Waals surface area contributed by atoms with Crippen LogP contribution < -0.4 is 10.1 Å². The van der Waals surface area contributed by atoms with Crippen LogP contribution >= 0.6 is 11.3 Å². The standard InChI is InChI=1S/C24H23N3O3S/c28-17(14-25-11-9-16-13-26-20-7-3-1-5-18(16)20)15-29-21-8-4-2-6-19(21)23-24-22(30-27-23)10-12-31-24/h1-8,10,12-13,17,25-26,28H,9,11,14-15H2. The van der Waals surface area contributed by atoms with E-state index in [-0.39, 0.29) is 6.61 Å². The molecule has 5 aromatic rings. The van der Waals surface area contributed by atoms with E-state index >= 15 is 0 Å². The smallest absolute Gasteiger partial charge is 0.178 e. The number of nitrogens with zero attached hydrogens (tertiary/aromatic N) is 1. The molecule has 6 nitrogen and oxygen atoms in total. The zero-order chi connectivity index (χ0) is 21.0. The number of aliphatic hydroxyl groups is 1. The van der Waals surface area contributed by atoms with Gasteiger partial charge in [-0.05, 0) is 48.2 Å². The Morgan fingerprint density at radius 2 is 2.00 bits per heavy atom. The van der Waals surface area contributed by atoms with Gasteiger partial charge in [-0.25, -0.2) is 0 Å². The van der Waals surface area contributed by atoms with Crippen molar-refractivity contribution < 1.29 is 14.4 Å². The molecule has 0 amide bonds. The highest BCUT2D eigenvalue weighted by molar-refractivity contribution is 7.17. The van der Waals surface area contributed by atoms with Crippen molar-refractivity contribution in [3.8, 4) is 17.0 Å². The van der Waals surface area contributed by atoms with Crippen molar-refractivity contribution in [3.63, 3.8) is 0 Å². The summed E-state index contributed by atoms with van der Waals surface area (Å²) in [6.45, 7) is 1.44. The van der Waals surface area contributed by atoms with Crippen molar-refractivity contribution in [2.24, 2.45) is 0 Å². The van der Waals surface area contributed by atoms with Crippen LogP contribution in [-0.4, -0.2) is 41.0 Å².